The zero-order valence-electron chi connectivity index (χ0n) is 5.93. The van der Waals surface area contributed by atoms with Gasteiger partial charge in [0, 0.05) is 0 Å². The monoisotopic (exact) mass is 231 g/mol. The van der Waals surface area contributed by atoms with Gasteiger partial charge in [-0.25, -0.2) is 0 Å². The van der Waals surface area contributed by atoms with E-state index in [1.807, 2.05) is 0 Å². The van der Waals surface area contributed by atoms with Crippen LogP contribution in [0.2, 0.25) is 0 Å². The third-order valence-corrected chi connectivity index (χ3v) is 1.27. The van der Waals surface area contributed by atoms with E-state index in [0.29, 0.717) is 0 Å². The Morgan fingerprint density at radius 2 is 2.25 bits per heavy atom. The molecule has 0 unspecified atom stereocenters. The molecule has 0 amide bonds. The average molecular weight is 230 g/mol. The van der Waals surface area contributed by atoms with Crippen LogP contribution in [0.4, 0.5) is 4.79 Å². The molecule has 1 heterocycles. The number of carbonyl (C=O) groups excluding carboxylic acids is 2. The molecule has 1 aromatic rings. The summed E-state index contributed by atoms with van der Waals surface area (Å²) in [6, 6.07) is 3.11. The summed E-state index contributed by atoms with van der Waals surface area (Å²) in [5.74, 6) is -0.686. The Kier molecular flexibility index (Phi) is 2.96. The molecule has 0 saturated heterocycles. The number of nitrogens with zero attached hydrogens (tertiary/aromatic N) is 1. The Balaban J connectivity index is 2.73. The number of esters is 1. The summed E-state index contributed by atoms with van der Waals surface area (Å²) in [6.07, 6.45) is 2.86. The molecule has 62 valence electrons. The van der Waals surface area contributed by atoms with Gasteiger partial charge in [0.15, 0.2) is 0 Å². The second kappa shape index (κ2) is 3.99. The van der Waals surface area contributed by atoms with E-state index < -0.39 is 10.8 Å². The first kappa shape index (κ1) is 8.90. The van der Waals surface area contributed by atoms with Gasteiger partial charge in [-0.1, -0.05) is 0 Å². The second-order valence-electron chi connectivity index (χ2n) is 1.90. The molecule has 0 aliphatic carbocycles. The molecule has 0 radical (unpaired) electrons. The molecule has 12 heavy (non-hydrogen) atoms. The van der Waals surface area contributed by atoms with Crippen LogP contribution < -0.4 is 0 Å². The first-order valence-electron chi connectivity index (χ1n) is 3.05. The van der Waals surface area contributed by atoms with Crippen molar-refractivity contribution in [2.45, 2.75) is 0 Å². The van der Waals surface area contributed by atoms with Crippen molar-refractivity contribution in [1.82, 2.24) is 4.98 Å². The quantitative estimate of drug-likeness (QED) is 0.394. The molecule has 5 heteroatoms. The maximum absolute atomic E-state index is 11.0. The molecule has 0 atom stereocenters. The van der Waals surface area contributed by atoms with Crippen molar-refractivity contribution in [2.24, 2.45) is 0 Å². The molecular formula is C7H5NO3Se. The molecule has 0 bridgehead atoms. The Bertz CT molecular complexity index is 299. The van der Waals surface area contributed by atoms with E-state index in [1.54, 1.807) is 22.1 Å². The van der Waals surface area contributed by atoms with Crippen molar-refractivity contribution < 1.29 is 14.3 Å². The molecule has 0 spiro atoms. The van der Waals surface area contributed by atoms with Gasteiger partial charge in [-0.05, 0) is 0 Å². The first-order valence-corrected chi connectivity index (χ1v) is 3.99. The Labute approximate surface area is 76.8 Å². The van der Waals surface area contributed by atoms with Gasteiger partial charge >= 0.3 is 76.2 Å². The average Bonchev–Trinajstić information content (AvgIpc) is 2.05. The molecule has 1 aromatic heterocycles. The van der Waals surface area contributed by atoms with Crippen LogP contribution in [0.5, 0.6) is 0 Å². The molecule has 0 fully saturated rings. The maximum atomic E-state index is 11.0. The van der Waals surface area contributed by atoms with Gasteiger partial charge in [0.2, 0.25) is 0 Å². The molecular weight excluding hydrogens is 225 g/mol. The summed E-state index contributed by atoms with van der Waals surface area (Å²) in [5.41, 5.74) is 0.261. The van der Waals surface area contributed by atoms with E-state index in [-0.39, 0.29) is 5.56 Å². The molecule has 0 aromatic carbocycles. The molecule has 1 rings (SSSR count). The number of hydrogen-bond acceptors (Lipinski definition) is 4. The van der Waals surface area contributed by atoms with Gasteiger partial charge in [0.25, 0.3) is 0 Å². The number of aromatic nitrogens is 1. The van der Waals surface area contributed by atoms with Crippen molar-refractivity contribution in [2.75, 3.05) is 0 Å². The van der Waals surface area contributed by atoms with E-state index >= 15 is 0 Å². The minimum atomic E-state index is -0.686. The van der Waals surface area contributed by atoms with E-state index in [9.17, 15) is 9.59 Å². The van der Waals surface area contributed by atoms with E-state index in [1.165, 1.54) is 18.5 Å². The number of pyridine rings is 1. The fraction of sp³-hybridized carbons (Fsp3) is 0. The zero-order valence-corrected chi connectivity index (χ0v) is 7.81. The van der Waals surface area contributed by atoms with Gasteiger partial charge in [-0.3, -0.25) is 0 Å². The van der Waals surface area contributed by atoms with Crippen molar-refractivity contribution in [3.05, 3.63) is 30.1 Å². The molecule has 0 N–H and O–H groups in total. The van der Waals surface area contributed by atoms with Gasteiger partial charge in [-0.15, -0.1) is 0 Å². The summed E-state index contributed by atoms with van der Waals surface area (Å²) in [5, 5.41) is 0. The zero-order chi connectivity index (χ0) is 8.97. The minimum absolute atomic E-state index is 0.261. The van der Waals surface area contributed by atoms with E-state index in [2.05, 4.69) is 9.72 Å². The van der Waals surface area contributed by atoms with Crippen molar-refractivity contribution in [1.29, 1.82) is 0 Å². The number of ether oxygens (including phenoxy) is 1. The SMILES string of the molecule is O=C([SeH])OC(=O)c1cccnc1. The fourth-order valence-electron chi connectivity index (χ4n) is 0.622. The van der Waals surface area contributed by atoms with Crippen LogP contribution in [0.1, 0.15) is 10.4 Å². The van der Waals surface area contributed by atoms with Crippen molar-refractivity contribution in [3.63, 3.8) is 0 Å². The first-order chi connectivity index (χ1) is 5.70. The Morgan fingerprint density at radius 3 is 2.75 bits per heavy atom. The third kappa shape index (κ3) is 2.45. The number of rotatable bonds is 1. The summed E-state index contributed by atoms with van der Waals surface area (Å²) >= 11 is 1.61. The standard InChI is InChI=1S/C7H5NO3Se/c9-6(11-7(10)12)5-2-1-3-8-4-5/h1-4H,(H,10,12). The molecule has 0 aliphatic rings. The van der Waals surface area contributed by atoms with Crippen LogP contribution >= 0.6 is 0 Å². The summed E-state index contributed by atoms with van der Waals surface area (Å²) < 4.78 is 4.29. The molecule has 4 nitrogen and oxygen atoms in total. The predicted molar refractivity (Wildman–Crippen MR) is 42.2 cm³/mol. The second-order valence-corrected chi connectivity index (χ2v) is 2.66. The normalized spacial score (nSPS) is 9.08. The fourth-order valence-corrected chi connectivity index (χ4v) is 0.796. The van der Waals surface area contributed by atoms with Crippen molar-refractivity contribution in [3.8, 4) is 0 Å². The van der Waals surface area contributed by atoms with Gasteiger partial charge in [0.1, 0.15) is 0 Å². The molecule has 0 aliphatic heterocycles. The Morgan fingerprint density at radius 1 is 1.50 bits per heavy atom. The van der Waals surface area contributed by atoms with Crippen LogP contribution in [0.3, 0.4) is 0 Å². The summed E-state index contributed by atoms with van der Waals surface area (Å²) in [7, 11) is 0. The van der Waals surface area contributed by atoms with E-state index in [0.717, 1.165) is 0 Å². The van der Waals surface area contributed by atoms with Gasteiger partial charge in [0.05, 0.1) is 0 Å². The van der Waals surface area contributed by atoms with E-state index in [4.69, 9.17) is 0 Å². The summed E-state index contributed by atoms with van der Waals surface area (Å²) in [6.45, 7) is 0. The number of carbonyl (C=O) groups is 2. The van der Waals surface area contributed by atoms with Crippen LogP contribution in [0.15, 0.2) is 24.5 Å². The summed E-state index contributed by atoms with van der Waals surface area (Å²) in [4.78, 5) is 24.3. The third-order valence-electron chi connectivity index (χ3n) is 1.08. The van der Waals surface area contributed by atoms with Crippen LogP contribution in [-0.4, -0.2) is 31.8 Å². The predicted octanol–water partition coefficient (Wildman–Crippen LogP) is 0.259. The van der Waals surface area contributed by atoms with Gasteiger partial charge < -0.3 is 0 Å². The van der Waals surface area contributed by atoms with Crippen LogP contribution in [0.25, 0.3) is 0 Å². The van der Waals surface area contributed by atoms with Crippen LogP contribution in [0, 0.1) is 0 Å². The van der Waals surface area contributed by atoms with Gasteiger partial charge in [-0.2, -0.15) is 0 Å². The number of hydrogen-bond donors (Lipinski definition) is 0. The van der Waals surface area contributed by atoms with Crippen LogP contribution in [-0.2, 0) is 4.74 Å². The Hall–Kier alpha value is -1.19. The molecule has 0 saturated carbocycles. The topological polar surface area (TPSA) is 56.3 Å². The van der Waals surface area contributed by atoms with Crippen molar-refractivity contribution >= 4 is 26.8 Å².